The molecule has 6 nitrogen and oxygen atoms in total. The Kier molecular flexibility index (Phi) is 5.07. The van der Waals surface area contributed by atoms with E-state index in [0.29, 0.717) is 18.7 Å². The molecule has 0 saturated carbocycles. The van der Waals surface area contributed by atoms with Crippen molar-refractivity contribution in [3.05, 3.63) is 33.9 Å². The van der Waals surface area contributed by atoms with Crippen molar-refractivity contribution in [1.29, 1.82) is 0 Å². The number of nitro benzene ring substituents is 1. The molecule has 0 spiro atoms. The highest BCUT2D eigenvalue weighted by atomic mass is 16.6. The molecule has 1 aromatic rings. The second-order valence-corrected chi connectivity index (χ2v) is 5.73. The summed E-state index contributed by atoms with van der Waals surface area (Å²) in [4.78, 5) is 21.9. The maximum Gasteiger partial charge on any atom is 0.271 e. The van der Waals surface area contributed by atoms with Crippen LogP contribution in [-0.4, -0.2) is 22.9 Å². The van der Waals surface area contributed by atoms with Crippen LogP contribution in [0.3, 0.4) is 0 Å². The van der Waals surface area contributed by atoms with Crippen molar-refractivity contribution in [2.24, 2.45) is 0 Å². The average Bonchev–Trinajstić information content (AvgIpc) is 2.28. The summed E-state index contributed by atoms with van der Waals surface area (Å²) in [5.74, 6) is -0.0481. The molecular weight excluding hydrogens is 258 g/mol. The molecule has 0 aliphatic heterocycles. The van der Waals surface area contributed by atoms with E-state index in [1.807, 2.05) is 27.7 Å². The Morgan fingerprint density at radius 3 is 2.55 bits per heavy atom. The van der Waals surface area contributed by atoms with Crippen molar-refractivity contribution >= 4 is 17.3 Å². The molecule has 1 rings (SSSR count). The van der Waals surface area contributed by atoms with Gasteiger partial charge in [0.15, 0.2) is 0 Å². The highest BCUT2D eigenvalue weighted by Gasteiger charge is 2.13. The lowest BCUT2D eigenvalue weighted by Gasteiger charge is -2.20. The zero-order valence-electron chi connectivity index (χ0n) is 12.3. The van der Waals surface area contributed by atoms with Gasteiger partial charge in [-0.3, -0.25) is 14.9 Å². The lowest BCUT2D eigenvalue weighted by Crippen LogP contribution is -2.41. The van der Waals surface area contributed by atoms with Crippen LogP contribution in [0.2, 0.25) is 0 Å². The summed E-state index contributed by atoms with van der Waals surface area (Å²) in [6.07, 6.45) is 0.319. The molecule has 6 heteroatoms. The van der Waals surface area contributed by atoms with Crippen LogP contribution < -0.4 is 10.6 Å². The molecule has 0 aliphatic rings. The topological polar surface area (TPSA) is 84.3 Å². The van der Waals surface area contributed by atoms with Crippen LogP contribution in [0.4, 0.5) is 11.4 Å². The number of nitrogens with zero attached hydrogens (tertiary/aromatic N) is 1. The number of non-ortho nitro benzene ring substituents is 1. The number of carbonyl (C=O) groups excluding carboxylic acids is 1. The normalized spacial score (nSPS) is 11.0. The summed E-state index contributed by atoms with van der Waals surface area (Å²) in [6, 6.07) is 4.64. The SMILES string of the molecule is Cc1ccc([N+](=O)[O-])cc1NCCC(=O)NC(C)(C)C. The summed E-state index contributed by atoms with van der Waals surface area (Å²) in [5, 5.41) is 16.6. The Morgan fingerprint density at radius 2 is 2.00 bits per heavy atom. The Bertz CT molecular complexity index is 507. The lowest BCUT2D eigenvalue weighted by atomic mass is 10.1. The van der Waals surface area contributed by atoms with Gasteiger partial charge >= 0.3 is 0 Å². The number of nitro groups is 1. The fourth-order valence-electron chi connectivity index (χ4n) is 1.71. The Labute approximate surface area is 118 Å². The number of anilines is 1. The summed E-state index contributed by atoms with van der Waals surface area (Å²) in [5.41, 5.74) is 1.38. The first-order valence-electron chi connectivity index (χ1n) is 6.49. The zero-order chi connectivity index (χ0) is 15.3. The Hall–Kier alpha value is -2.11. The van der Waals surface area contributed by atoms with Gasteiger partial charge in [0.1, 0.15) is 0 Å². The molecule has 0 unspecified atom stereocenters. The van der Waals surface area contributed by atoms with Crippen LogP contribution >= 0.6 is 0 Å². The van der Waals surface area contributed by atoms with E-state index in [-0.39, 0.29) is 17.1 Å². The van der Waals surface area contributed by atoms with Gasteiger partial charge in [-0.1, -0.05) is 6.07 Å². The highest BCUT2D eigenvalue weighted by molar-refractivity contribution is 5.77. The number of carbonyl (C=O) groups is 1. The van der Waals surface area contributed by atoms with Crippen LogP contribution in [0.1, 0.15) is 32.8 Å². The van der Waals surface area contributed by atoms with Gasteiger partial charge in [0.25, 0.3) is 5.69 Å². The summed E-state index contributed by atoms with van der Waals surface area (Å²) < 4.78 is 0. The van der Waals surface area contributed by atoms with E-state index in [2.05, 4.69) is 10.6 Å². The van der Waals surface area contributed by atoms with Gasteiger partial charge in [0, 0.05) is 36.3 Å². The Balaban J connectivity index is 2.56. The predicted molar refractivity (Wildman–Crippen MR) is 78.8 cm³/mol. The van der Waals surface area contributed by atoms with E-state index in [9.17, 15) is 14.9 Å². The van der Waals surface area contributed by atoms with Gasteiger partial charge in [-0.25, -0.2) is 0 Å². The van der Waals surface area contributed by atoms with Crippen LogP contribution in [-0.2, 0) is 4.79 Å². The summed E-state index contributed by atoms with van der Waals surface area (Å²) in [6.45, 7) is 8.06. The third-order valence-corrected chi connectivity index (χ3v) is 2.61. The molecule has 0 radical (unpaired) electrons. The number of amides is 1. The number of aryl methyl sites for hydroxylation is 1. The number of nitrogens with one attached hydrogen (secondary N) is 2. The van der Waals surface area contributed by atoms with Crippen LogP contribution in [0, 0.1) is 17.0 Å². The van der Waals surface area contributed by atoms with E-state index in [1.165, 1.54) is 12.1 Å². The van der Waals surface area contributed by atoms with Crippen molar-refractivity contribution in [3.8, 4) is 0 Å². The quantitative estimate of drug-likeness (QED) is 0.641. The van der Waals surface area contributed by atoms with E-state index in [0.717, 1.165) is 5.56 Å². The zero-order valence-corrected chi connectivity index (χ0v) is 12.3. The second-order valence-electron chi connectivity index (χ2n) is 5.73. The molecule has 1 amide bonds. The van der Waals surface area contributed by atoms with Crippen molar-refractivity contribution < 1.29 is 9.72 Å². The first kappa shape index (κ1) is 15.9. The first-order valence-corrected chi connectivity index (χ1v) is 6.49. The number of hydrogen-bond acceptors (Lipinski definition) is 4. The molecule has 2 N–H and O–H groups in total. The van der Waals surface area contributed by atoms with E-state index >= 15 is 0 Å². The number of hydrogen-bond donors (Lipinski definition) is 2. The smallest absolute Gasteiger partial charge is 0.271 e. The molecule has 0 aliphatic carbocycles. The van der Waals surface area contributed by atoms with Crippen LogP contribution in [0.25, 0.3) is 0 Å². The van der Waals surface area contributed by atoms with Gasteiger partial charge in [-0.15, -0.1) is 0 Å². The third-order valence-electron chi connectivity index (χ3n) is 2.61. The molecule has 0 saturated heterocycles. The van der Waals surface area contributed by atoms with Crippen LogP contribution in [0.15, 0.2) is 18.2 Å². The minimum atomic E-state index is -0.434. The maximum absolute atomic E-state index is 11.6. The van der Waals surface area contributed by atoms with Crippen LogP contribution in [0.5, 0.6) is 0 Å². The molecule has 20 heavy (non-hydrogen) atoms. The van der Waals surface area contributed by atoms with Crippen molar-refractivity contribution in [1.82, 2.24) is 5.32 Å². The predicted octanol–water partition coefficient (Wildman–Crippen LogP) is 2.62. The molecule has 0 fully saturated rings. The minimum absolute atomic E-state index is 0.0391. The molecule has 0 bridgehead atoms. The van der Waals surface area contributed by atoms with E-state index in [4.69, 9.17) is 0 Å². The largest absolute Gasteiger partial charge is 0.384 e. The van der Waals surface area contributed by atoms with Gasteiger partial charge in [0.2, 0.25) is 5.91 Å². The van der Waals surface area contributed by atoms with Gasteiger partial charge in [-0.05, 0) is 33.3 Å². The van der Waals surface area contributed by atoms with Gasteiger partial charge in [0.05, 0.1) is 4.92 Å². The van der Waals surface area contributed by atoms with Crippen molar-refractivity contribution in [3.63, 3.8) is 0 Å². The maximum atomic E-state index is 11.6. The molecular formula is C14H21N3O3. The summed E-state index contributed by atoms with van der Waals surface area (Å²) >= 11 is 0. The lowest BCUT2D eigenvalue weighted by molar-refractivity contribution is -0.384. The first-order chi connectivity index (χ1) is 9.19. The monoisotopic (exact) mass is 279 g/mol. The molecule has 0 atom stereocenters. The minimum Gasteiger partial charge on any atom is -0.384 e. The fraction of sp³-hybridized carbons (Fsp3) is 0.500. The standard InChI is InChI=1S/C14H21N3O3/c1-10-5-6-11(17(19)20)9-12(10)15-8-7-13(18)16-14(2,3)4/h5-6,9,15H,7-8H2,1-4H3,(H,16,18). The van der Waals surface area contributed by atoms with Crippen molar-refractivity contribution in [2.75, 3.05) is 11.9 Å². The van der Waals surface area contributed by atoms with E-state index < -0.39 is 4.92 Å². The second kappa shape index (κ2) is 6.36. The molecule has 110 valence electrons. The summed E-state index contributed by atoms with van der Waals surface area (Å²) in [7, 11) is 0. The Morgan fingerprint density at radius 1 is 1.35 bits per heavy atom. The number of benzene rings is 1. The fourth-order valence-corrected chi connectivity index (χ4v) is 1.71. The molecule has 0 heterocycles. The average molecular weight is 279 g/mol. The van der Waals surface area contributed by atoms with E-state index in [1.54, 1.807) is 6.07 Å². The molecule has 1 aromatic carbocycles. The highest BCUT2D eigenvalue weighted by Crippen LogP contribution is 2.21. The van der Waals surface area contributed by atoms with Crippen molar-refractivity contribution in [2.45, 2.75) is 39.7 Å². The van der Waals surface area contributed by atoms with Gasteiger partial charge < -0.3 is 10.6 Å². The third kappa shape index (κ3) is 5.26. The van der Waals surface area contributed by atoms with Gasteiger partial charge in [-0.2, -0.15) is 0 Å². The number of rotatable bonds is 5. The molecule has 0 aromatic heterocycles.